The highest BCUT2D eigenvalue weighted by Gasteiger charge is 2.50. The highest BCUT2D eigenvalue weighted by molar-refractivity contribution is 5.95. The number of aliphatic hydroxyl groups is 1. The molecule has 1 N–H and O–H groups in total. The lowest BCUT2D eigenvalue weighted by Crippen LogP contribution is -2.47. The maximum Gasteiger partial charge on any atom is 0.336 e. The zero-order chi connectivity index (χ0) is 16.0. The van der Waals surface area contributed by atoms with E-state index in [4.69, 9.17) is 4.74 Å². The second kappa shape index (κ2) is 7.03. The van der Waals surface area contributed by atoms with Crippen molar-refractivity contribution in [2.75, 3.05) is 20.8 Å². The van der Waals surface area contributed by atoms with Gasteiger partial charge in [-0.05, 0) is 13.0 Å². The van der Waals surface area contributed by atoms with E-state index in [1.807, 2.05) is 0 Å². The molecule has 0 amide bonds. The Balaban J connectivity index is 3.18. The minimum Gasteiger partial charge on any atom is -0.468 e. The summed E-state index contributed by atoms with van der Waals surface area (Å²) in [5.74, 6) is -2.31. The molecule has 0 saturated heterocycles. The number of esters is 3. The Morgan fingerprint density at radius 2 is 1.95 bits per heavy atom. The molecular weight excluding hydrogens is 280 g/mol. The molecule has 116 valence electrons. The largest absolute Gasteiger partial charge is 0.468 e. The van der Waals surface area contributed by atoms with Crippen molar-refractivity contribution in [3.63, 3.8) is 0 Å². The fourth-order valence-corrected chi connectivity index (χ4v) is 2.13. The standard InChI is InChI=1S/C14H18O7/c1-4-21-10(15)8-14(13(18)20-3)7-5-6-9(11(14)16)12(17)19-2/h5-7,11,16H,4,8H2,1-3H3. The van der Waals surface area contributed by atoms with E-state index >= 15 is 0 Å². The summed E-state index contributed by atoms with van der Waals surface area (Å²) in [7, 11) is 2.28. The highest BCUT2D eigenvalue weighted by atomic mass is 16.5. The van der Waals surface area contributed by atoms with E-state index in [0.717, 1.165) is 14.2 Å². The van der Waals surface area contributed by atoms with Crippen molar-refractivity contribution in [3.05, 3.63) is 23.8 Å². The van der Waals surface area contributed by atoms with Crippen LogP contribution in [-0.2, 0) is 28.6 Å². The van der Waals surface area contributed by atoms with Gasteiger partial charge >= 0.3 is 17.9 Å². The van der Waals surface area contributed by atoms with Gasteiger partial charge in [0.1, 0.15) is 11.5 Å². The van der Waals surface area contributed by atoms with E-state index in [2.05, 4.69) is 9.47 Å². The Hall–Kier alpha value is -2.15. The Morgan fingerprint density at radius 3 is 2.48 bits per heavy atom. The first-order chi connectivity index (χ1) is 9.92. The molecule has 0 spiro atoms. The van der Waals surface area contributed by atoms with Crippen molar-refractivity contribution in [1.82, 2.24) is 0 Å². The van der Waals surface area contributed by atoms with Gasteiger partial charge in [0.05, 0.1) is 32.8 Å². The second-order valence-electron chi connectivity index (χ2n) is 4.39. The molecule has 0 aromatic rings. The highest BCUT2D eigenvalue weighted by Crippen LogP contribution is 2.37. The third kappa shape index (κ3) is 3.30. The summed E-state index contributed by atoms with van der Waals surface area (Å²) in [6.07, 6.45) is 2.04. The Bertz CT molecular complexity index is 492. The summed E-state index contributed by atoms with van der Waals surface area (Å²) in [4.78, 5) is 35.4. The molecule has 7 nitrogen and oxygen atoms in total. The molecule has 0 heterocycles. The van der Waals surface area contributed by atoms with Gasteiger partial charge in [-0.2, -0.15) is 0 Å². The maximum atomic E-state index is 12.1. The number of hydrogen-bond acceptors (Lipinski definition) is 7. The van der Waals surface area contributed by atoms with Gasteiger partial charge in [-0.25, -0.2) is 4.79 Å². The number of hydrogen-bond donors (Lipinski definition) is 1. The predicted octanol–water partition coefficient (Wildman–Crippen LogP) is 0.129. The van der Waals surface area contributed by atoms with Gasteiger partial charge in [0.15, 0.2) is 0 Å². The number of rotatable bonds is 5. The molecular formula is C14H18O7. The van der Waals surface area contributed by atoms with Gasteiger partial charge in [-0.1, -0.05) is 12.2 Å². The topological polar surface area (TPSA) is 99.1 Å². The average Bonchev–Trinajstić information content (AvgIpc) is 2.48. The SMILES string of the molecule is CCOC(=O)CC1(C(=O)OC)C=CC=C(C(=O)OC)C1O. The quantitative estimate of drug-likeness (QED) is 0.569. The fourth-order valence-electron chi connectivity index (χ4n) is 2.13. The van der Waals surface area contributed by atoms with E-state index in [0.29, 0.717) is 0 Å². The van der Waals surface area contributed by atoms with Crippen LogP contribution in [0.5, 0.6) is 0 Å². The summed E-state index contributed by atoms with van der Waals surface area (Å²) < 4.78 is 14.0. The predicted molar refractivity (Wildman–Crippen MR) is 70.9 cm³/mol. The van der Waals surface area contributed by atoms with Crippen LogP contribution >= 0.6 is 0 Å². The van der Waals surface area contributed by atoms with E-state index in [1.165, 1.54) is 18.2 Å². The van der Waals surface area contributed by atoms with Gasteiger partial charge in [-0.15, -0.1) is 0 Å². The molecule has 0 aromatic carbocycles. The van der Waals surface area contributed by atoms with Crippen LogP contribution in [0.4, 0.5) is 0 Å². The van der Waals surface area contributed by atoms with Crippen molar-refractivity contribution in [1.29, 1.82) is 0 Å². The smallest absolute Gasteiger partial charge is 0.336 e. The van der Waals surface area contributed by atoms with Gasteiger partial charge < -0.3 is 19.3 Å². The third-order valence-corrected chi connectivity index (χ3v) is 3.18. The Kier molecular flexibility index (Phi) is 5.66. The number of methoxy groups -OCH3 is 2. The maximum absolute atomic E-state index is 12.1. The lowest BCUT2D eigenvalue weighted by Gasteiger charge is -2.34. The molecule has 7 heteroatoms. The molecule has 1 aliphatic rings. The molecule has 0 radical (unpaired) electrons. The van der Waals surface area contributed by atoms with Gasteiger partial charge in [0, 0.05) is 0 Å². The summed E-state index contributed by atoms with van der Waals surface area (Å²) in [5, 5.41) is 10.4. The van der Waals surface area contributed by atoms with Crippen molar-refractivity contribution >= 4 is 17.9 Å². The van der Waals surface area contributed by atoms with Gasteiger partial charge in [-0.3, -0.25) is 9.59 Å². The molecule has 0 bridgehead atoms. The first-order valence-electron chi connectivity index (χ1n) is 6.32. The van der Waals surface area contributed by atoms with Crippen molar-refractivity contribution < 1.29 is 33.7 Å². The molecule has 21 heavy (non-hydrogen) atoms. The summed E-state index contributed by atoms with van der Waals surface area (Å²) in [5.41, 5.74) is -1.84. The number of ether oxygens (including phenoxy) is 3. The fraction of sp³-hybridized carbons (Fsp3) is 0.500. The zero-order valence-electron chi connectivity index (χ0n) is 12.1. The van der Waals surface area contributed by atoms with Crippen LogP contribution < -0.4 is 0 Å². The lowest BCUT2D eigenvalue weighted by atomic mass is 9.73. The van der Waals surface area contributed by atoms with E-state index in [9.17, 15) is 19.5 Å². The van der Waals surface area contributed by atoms with E-state index in [1.54, 1.807) is 6.92 Å². The molecule has 0 saturated carbocycles. The molecule has 1 aliphatic carbocycles. The number of carbonyl (C=O) groups is 3. The molecule has 1 rings (SSSR count). The van der Waals surface area contributed by atoms with Crippen LogP contribution in [-0.4, -0.2) is 49.9 Å². The summed E-state index contributed by atoms with van der Waals surface area (Å²) >= 11 is 0. The number of aliphatic hydroxyl groups excluding tert-OH is 1. The molecule has 0 aromatic heterocycles. The van der Waals surface area contributed by atoms with E-state index < -0.39 is 35.8 Å². The van der Waals surface area contributed by atoms with Crippen LogP contribution in [0.2, 0.25) is 0 Å². The van der Waals surface area contributed by atoms with Gasteiger partial charge in [0.2, 0.25) is 0 Å². The van der Waals surface area contributed by atoms with Crippen molar-refractivity contribution in [3.8, 4) is 0 Å². The Morgan fingerprint density at radius 1 is 1.29 bits per heavy atom. The van der Waals surface area contributed by atoms with Crippen LogP contribution in [0.1, 0.15) is 13.3 Å². The first kappa shape index (κ1) is 16.9. The van der Waals surface area contributed by atoms with E-state index in [-0.39, 0.29) is 12.2 Å². The number of carbonyl (C=O) groups excluding carboxylic acids is 3. The van der Waals surface area contributed by atoms with Crippen LogP contribution in [0, 0.1) is 5.41 Å². The summed E-state index contributed by atoms with van der Waals surface area (Å²) in [6, 6.07) is 0. The van der Waals surface area contributed by atoms with Gasteiger partial charge in [0.25, 0.3) is 0 Å². The number of allylic oxidation sites excluding steroid dienone is 2. The zero-order valence-corrected chi connectivity index (χ0v) is 12.1. The second-order valence-corrected chi connectivity index (χ2v) is 4.39. The average molecular weight is 298 g/mol. The van der Waals surface area contributed by atoms with Crippen molar-refractivity contribution in [2.24, 2.45) is 5.41 Å². The van der Waals surface area contributed by atoms with Crippen LogP contribution in [0.15, 0.2) is 23.8 Å². The summed E-state index contributed by atoms with van der Waals surface area (Å²) in [6.45, 7) is 1.76. The Labute approximate surface area is 122 Å². The third-order valence-electron chi connectivity index (χ3n) is 3.18. The molecule has 0 fully saturated rings. The lowest BCUT2D eigenvalue weighted by molar-refractivity contribution is -0.163. The van der Waals surface area contributed by atoms with Crippen LogP contribution in [0.3, 0.4) is 0 Å². The minimum absolute atomic E-state index is 0.130. The minimum atomic E-state index is -1.71. The normalized spacial score (nSPS) is 24.0. The first-order valence-corrected chi connectivity index (χ1v) is 6.32. The monoisotopic (exact) mass is 298 g/mol. The van der Waals surface area contributed by atoms with Crippen LogP contribution in [0.25, 0.3) is 0 Å². The van der Waals surface area contributed by atoms with Crippen molar-refractivity contribution in [2.45, 2.75) is 19.4 Å². The molecule has 2 unspecified atom stereocenters. The molecule has 0 aliphatic heterocycles. The molecule has 2 atom stereocenters.